The van der Waals surface area contributed by atoms with E-state index in [2.05, 4.69) is 19.0 Å². The standard InChI is InChI=1S/C14H23N3O/c1-16(2)9-4-10-17-13-6-3-5-12(15)11(13)7-8-14(17)18/h7-8,12H,3-6,9-10,15H2,1-2H3. The van der Waals surface area contributed by atoms with Crippen LogP contribution in [0, 0.1) is 0 Å². The molecule has 100 valence electrons. The number of aromatic nitrogens is 1. The van der Waals surface area contributed by atoms with E-state index in [4.69, 9.17) is 5.73 Å². The molecule has 0 fully saturated rings. The maximum absolute atomic E-state index is 12.0. The lowest BCUT2D eigenvalue weighted by Gasteiger charge is -2.25. The molecule has 0 spiro atoms. The summed E-state index contributed by atoms with van der Waals surface area (Å²) in [6.07, 6.45) is 4.11. The summed E-state index contributed by atoms with van der Waals surface area (Å²) in [5, 5.41) is 0. The Kier molecular flexibility index (Phi) is 4.19. The normalized spacial score (nSPS) is 19.0. The molecule has 1 aliphatic rings. The number of rotatable bonds is 4. The van der Waals surface area contributed by atoms with Crippen LogP contribution in [0.2, 0.25) is 0 Å². The molecule has 1 unspecified atom stereocenters. The lowest BCUT2D eigenvalue weighted by molar-refractivity contribution is 0.380. The second kappa shape index (κ2) is 5.67. The van der Waals surface area contributed by atoms with E-state index in [1.165, 1.54) is 11.3 Å². The Morgan fingerprint density at radius 1 is 1.44 bits per heavy atom. The first-order valence-corrected chi connectivity index (χ1v) is 6.72. The van der Waals surface area contributed by atoms with Gasteiger partial charge in [0.05, 0.1) is 0 Å². The molecule has 0 saturated heterocycles. The SMILES string of the molecule is CN(C)CCCn1c2c(ccc1=O)C(N)CCC2. The Bertz CT molecular complexity index is 465. The van der Waals surface area contributed by atoms with Crippen molar-refractivity contribution in [2.45, 2.75) is 38.3 Å². The van der Waals surface area contributed by atoms with Crippen LogP contribution in [0.4, 0.5) is 0 Å². The second-order valence-corrected chi connectivity index (χ2v) is 5.38. The minimum Gasteiger partial charge on any atom is -0.324 e. The first-order chi connectivity index (χ1) is 8.59. The van der Waals surface area contributed by atoms with Crippen molar-refractivity contribution in [1.29, 1.82) is 0 Å². The maximum atomic E-state index is 12.0. The van der Waals surface area contributed by atoms with E-state index >= 15 is 0 Å². The van der Waals surface area contributed by atoms with Crippen LogP contribution in [0.15, 0.2) is 16.9 Å². The highest BCUT2D eigenvalue weighted by molar-refractivity contribution is 5.27. The van der Waals surface area contributed by atoms with Gasteiger partial charge in [-0.25, -0.2) is 0 Å². The largest absolute Gasteiger partial charge is 0.324 e. The highest BCUT2D eigenvalue weighted by atomic mass is 16.1. The summed E-state index contributed by atoms with van der Waals surface area (Å²) in [7, 11) is 4.11. The molecule has 0 aromatic carbocycles. The van der Waals surface area contributed by atoms with Crippen LogP contribution in [0.1, 0.15) is 36.6 Å². The minimum atomic E-state index is 0.106. The third-order valence-corrected chi connectivity index (χ3v) is 3.65. The Balaban J connectivity index is 2.23. The van der Waals surface area contributed by atoms with E-state index in [0.717, 1.165) is 38.8 Å². The van der Waals surface area contributed by atoms with Gasteiger partial charge in [0.25, 0.3) is 5.56 Å². The molecule has 2 rings (SSSR count). The quantitative estimate of drug-likeness (QED) is 0.870. The van der Waals surface area contributed by atoms with Gasteiger partial charge in [0.15, 0.2) is 0 Å². The second-order valence-electron chi connectivity index (χ2n) is 5.38. The molecule has 1 aromatic heterocycles. The van der Waals surface area contributed by atoms with Crippen molar-refractivity contribution in [2.75, 3.05) is 20.6 Å². The van der Waals surface area contributed by atoms with Crippen molar-refractivity contribution in [3.63, 3.8) is 0 Å². The number of nitrogens with zero attached hydrogens (tertiary/aromatic N) is 2. The van der Waals surface area contributed by atoms with Gasteiger partial charge in [-0.05, 0) is 51.9 Å². The summed E-state index contributed by atoms with van der Waals surface area (Å²) in [6.45, 7) is 1.80. The van der Waals surface area contributed by atoms with E-state index in [0.29, 0.717) is 0 Å². The zero-order valence-electron chi connectivity index (χ0n) is 11.4. The number of fused-ring (bicyclic) bond motifs is 1. The molecule has 4 heteroatoms. The van der Waals surface area contributed by atoms with Crippen LogP contribution >= 0.6 is 0 Å². The molecular weight excluding hydrogens is 226 g/mol. The fourth-order valence-electron chi connectivity index (χ4n) is 2.69. The monoisotopic (exact) mass is 249 g/mol. The lowest BCUT2D eigenvalue weighted by Crippen LogP contribution is -2.30. The summed E-state index contributed by atoms with van der Waals surface area (Å²) >= 11 is 0. The molecule has 4 nitrogen and oxygen atoms in total. The fourth-order valence-corrected chi connectivity index (χ4v) is 2.69. The lowest BCUT2D eigenvalue weighted by atomic mass is 9.91. The first-order valence-electron chi connectivity index (χ1n) is 6.72. The number of hydrogen-bond donors (Lipinski definition) is 1. The van der Waals surface area contributed by atoms with Gasteiger partial charge >= 0.3 is 0 Å². The smallest absolute Gasteiger partial charge is 0.250 e. The fraction of sp³-hybridized carbons (Fsp3) is 0.643. The molecule has 18 heavy (non-hydrogen) atoms. The van der Waals surface area contributed by atoms with E-state index in [9.17, 15) is 4.79 Å². The number of hydrogen-bond acceptors (Lipinski definition) is 3. The molecule has 1 aromatic rings. The zero-order chi connectivity index (χ0) is 13.1. The van der Waals surface area contributed by atoms with Crippen molar-refractivity contribution in [1.82, 2.24) is 9.47 Å². The Morgan fingerprint density at radius 3 is 2.94 bits per heavy atom. The highest BCUT2D eigenvalue weighted by Gasteiger charge is 2.19. The summed E-state index contributed by atoms with van der Waals surface area (Å²) in [4.78, 5) is 14.1. The molecule has 1 aliphatic carbocycles. The van der Waals surface area contributed by atoms with Crippen LogP contribution in [-0.4, -0.2) is 30.1 Å². The predicted molar refractivity (Wildman–Crippen MR) is 73.7 cm³/mol. The molecule has 0 saturated carbocycles. The molecular formula is C14H23N3O. The van der Waals surface area contributed by atoms with E-state index < -0.39 is 0 Å². The van der Waals surface area contributed by atoms with Crippen molar-refractivity contribution in [2.24, 2.45) is 5.73 Å². The van der Waals surface area contributed by atoms with Crippen LogP contribution in [0.25, 0.3) is 0 Å². The number of pyridine rings is 1. The molecule has 0 amide bonds. The van der Waals surface area contributed by atoms with Crippen LogP contribution < -0.4 is 11.3 Å². The summed E-state index contributed by atoms with van der Waals surface area (Å²) in [6, 6.07) is 3.69. The molecule has 1 atom stereocenters. The van der Waals surface area contributed by atoms with E-state index in [-0.39, 0.29) is 11.6 Å². The minimum absolute atomic E-state index is 0.106. The topological polar surface area (TPSA) is 51.3 Å². The van der Waals surface area contributed by atoms with E-state index in [1.54, 1.807) is 6.07 Å². The van der Waals surface area contributed by atoms with Gasteiger partial charge < -0.3 is 15.2 Å². The van der Waals surface area contributed by atoms with Crippen molar-refractivity contribution < 1.29 is 0 Å². The van der Waals surface area contributed by atoms with Gasteiger partial charge in [0.1, 0.15) is 0 Å². The summed E-state index contributed by atoms with van der Waals surface area (Å²) in [5.74, 6) is 0. The number of nitrogens with two attached hydrogens (primary N) is 1. The van der Waals surface area contributed by atoms with Crippen LogP contribution in [0.5, 0.6) is 0 Å². The van der Waals surface area contributed by atoms with Gasteiger partial charge in [0, 0.05) is 24.3 Å². The van der Waals surface area contributed by atoms with Gasteiger partial charge in [-0.3, -0.25) is 4.79 Å². The Morgan fingerprint density at radius 2 is 2.22 bits per heavy atom. The molecule has 0 aliphatic heterocycles. The van der Waals surface area contributed by atoms with Gasteiger partial charge in [-0.15, -0.1) is 0 Å². The predicted octanol–water partition coefficient (Wildman–Crippen LogP) is 1.14. The Hall–Kier alpha value is -1.13. The maximum Gasteiger partial charge on any atom is 0.250 e. The zero-order valence-corrected chi connectivity index (χ0v) is 11.4. The van der Waals surface area contributed by atoms with Gasteiger partial charge in [0.2, 0.25) is 0 Å². The molecule has 0 radical (unpaired) electrons. The third-order valence-electron chi connectivity index (χ3n) is 3.65. The first kappa shape index (κ1) is 13.3. The molecule has 2 N–H and O–H groups in total. The molecule has 0 bridgehead atoms. The van der Waals surface area contributed by atoms with Crippen LogP contribution in [0.3, 0.4) is 0 Å². The molecule has 1 heterocycles. The van der Waals surface area contributed by atoms with Gasteiger partial charge in [-0.2, -0.15) is 0 Å². The van der Waals surface area contributed by atoms with E-state index in [1.807, 2.05) is 10.6 Å². The van der Waals surface area contributed by atoms with Gasteiger partial charge in [-0.1, -0.05) is 6.07 Å². The van der Waals surface area contributed by atoms with Crippen molar-refractivity contribution in [3.05, 3.63) is 33.7 Å². The Labute approximate surface area is 108 Å². The summed E-state index contributed by atoms with van der Waals surface area (Å²) in [5.41, 5.74) is 8.57. The van der Waals surface area contributed by atoms with Crippen molar-refractivity contribution >= 4 is 0 Å². The van der Waals surface area contributed by atoms with Crippen LogP contribution in [-0.2, 0) is 13.0 Å². The summed E-state index contributed by atoms with van der Waals surface area (Å²) < 4.78 is 1.93. The van der Waals surface area contributed by atoms with Crippen molar-refractivity contribution in [3.8, 4) is 0 Å². The third kappa shape index (κ3) is 2.82. The highest BCUT2D eigenvalue weighted by Crippen LogP contribution is 2.26. The average molecular weight is 249 g/mol. The average Bonchev–Trinajstić information content (AvgIpc) is 2.32.